The zero-order chi connectivity index (χ0) is 14.3. The maximum Gasteiger partial charge on any atom is 0.246 e. The van der Waals surface area contributed by atoms with Crippen molar-refractivity contribution in [1.82, 2.24) is 0 Å². The molecule has 3 rings (SSSR count). The predicted octanol–water partition coefficient (Wildman–Crippen LogP) is 2.26. The minimum Gasteiger partial charge on any atom is -0.449 e. The number of benzene rings is 1. The van der Waals surface area contributed by atoms with Crippen LogP contribution < -0.4 is 20.5 Å². The molecule has 1 saturated carbocycles. The Morgan fingerprint density at radius 2 is 2.05 bits per heavy atom. The Balaban J connectivity index is 1.72. The number of anilines is 1. The number of hydrogen-bond donors (Lipinski definition) is 2. The molecule has 1 aliphatic carbocycles. The zero-order valence-electron chi connectivity index (χ0n) is 11.8. The van der Waals surface area contributed by atoms with Crippen molar-refractivity contribution in [3.8, 4) is 11.5 Å². The lowest BCUT2D eigenvalue weighted by Crippen LogP contribution is -2.34. The van der Waals surface area contributed by atoms with E-state index in [4.69, 9.17) is 15.2 Å². The molecule has 1 fully saturated rings. The van der Waals surface area contributed by atoms with Crippen LogP contribution in [0.2, 0.25) is 0 Å². The van der Waals surface area contributed by atoms with E-state index >= 15 is 0 Å². The Morgan fingerprint density at radius 3 is 2.75 bits per heavy atom. The highest BCUT2D eigenvalue weighted by molar-refractivity contribution is 5.93. The van der Waals surface area contributed by atoms with Gasteiger partial charge in [0.05, 0.1) is 5.92 Å². The lowest BCUT2D eigenvalue weighted by atomic mass is 10.0. The van der Waals surface area contributed by atoms with Gasteiger partial charge in [-0.2, -0.15) is 0 Å². The van der Waals surface area contributed by atoms with E-state index in [1.165, 1.54) is 0 Å². The number of nitrogens with one attached hydrogen (secondary N) is 1. The van der Waals surface area contributed by atoms with E-state index < -0.39 is 5.79 Å². The second-order valence-electron chi connectivity index (χ2n) is 5.96. The van der Waals surface area contributed by atoms with Crippen molar-refractivity contribution >= 4 is 11.6 Å². The van der Waals surface area contributed by atoms with E-state index in [9.17, 15) is 4.79 Å². The number of hydrogen-bond acceptors (Lipinski definition) is 4. The summed E-state index contributed by atoms with van der Waals surface area (Å²) in [6.07, 6.45) is 2.81. The molecule has 1 amide bonds. The molecule has 2 aliphatic rings. The molecule has 1 aromatic carbocycles. The molecule has 0 radical (unpaired) electrons. The molecule has 1 aliphatic heterocycles. The molecule has 2 atom stereocenters. The van der Waals surface area contributed by atoms with Gasteiger partial charge < -0.3 is 20.5 Å². The highest BCUT2D eigenvalue weighted by Gasteiger charge is 2.33. The minimum absolute atomic E-state index is 0.00637. The maximum atomic E-state index is 12.2. The van der Waals surface area contributed by atoms with E-state index in [-0.39, 0.29) is 17.9 Å². The van der Waals surface area contributed by atoms with Crippen LogP contribution in [0.1, 0.15) is 33.1 Å². The molecule has 5 heteroatoms. The lowest BCUT2D eigenvalue weighted by molar-refractivity contribution is -0.120. The molecule has 1 aromatic rings. The van der Waals surface area contributed by atoms with Crippen molar-refractivity contribution in [2.24, 2.45) is 11.7 Å². The minimum atomic E-state index is -0.654. The molecule has 2 unspecified atom stereocenters. The van der Waals surface area contributed by atoms with Crippen molar-refractivity contribution in [1.29, 1.82) is 0 Å². The zero-order valence-corrected chi connectivity index (χ0v) is 11.8. The second-order valence-corrected chi connectivity index (χ2v) is 5.96. The molecular weight excluding hydrogens is 256 g/mol. The number of amides is 1. The second kappa shape index (κ2) is 4.66. The molecular formula is C15H20N2O3. The van der Waals surface area contributed by atoms with E-state index in [0.29, 0.717) is 17.2 Å². The third kappa shape index (κ3) is 2.45. The monoisotopic (exact) mass is 276 g/mol. The number of carbonyl (C=O) groups excluding carboxylic acids is 1. The fourth-order valence-corrected chi connectivity index (χ4v) is 2.85. The fourth-order valence-electron chi connectivity index (χ4n) is 2.85. The van der Waals surface area contributed by atoms with Crippen LogP contribution in [-0.2, 0) is 4.79 Å². The van der Waals surface area contributed by atoms with Crippen molar-refractivity contribution in [2.75, 3.05) is 5.32 Å². The molecule has 0 aromatic heterocycles. The first-order valence-corrected chi connectivity index (χ1v) is 7.03. The van der Waals surface area contributed by atoms with Crippen LogP contribution in [0.4, 0.5) is 5.69 Å². The summed E-state index contributed by atoms with van der Waals surface area (Å²) in [5, 5.41) is 2.92. The number of fused-ring (bicyclic) bond motifs is 1. The van der Waals surface area contributed by atoms with Gasteiger partial charge in [-0.3, -0.25) is 4.79 Å². The van der Waals surface area contributed by atoms with Crippen LogP contribution in [0, 0.1) is 5.92 Å². The average molecular weight is 276 g/mol. The summed E-state index contributed by atoms with van der Waals surface area (Å²) in [7, 11) is 0. The third-order valence-corrected chi connectivity index (χ3v) is 3.83. The summed E-state index contributed by atoms with van der Waals surface area (Å²) in [6, 6.07) is 5.40. The van der Waals surface area contributed by atoms with Crippen LogP contribution >= 0.6 is 0 Å². The van der Waals surface area contributed by atoms with Gasteiger partial charge >= 0.3 is 0 Å². The fraction of sp³-hybridized carbons (Fsp3) is 0.533. The Kier molecular flexibility index (Phi) is 3.09. The third-order valence-electron chi connectivity index (χ3n) is 3.83. The Hall–Kier alpha value is -1.75. The predicted molar refractivity (Wildman–Crippen MR) is 75.7 cm³/mol. The average Bonchev–Trinajstić information content (AvgIpc) is 2.90. The topological polar surface area (TPSA) is 73.6 Å². The summed E-state index contributed by atoms with van der Waals surface area (Å²) in [5.41, 5.74) is 6.67. The van der Waals surface area contributed by atoms with Crippen molar-refractivity contribution in [3.05, 3.63) is 18.2 Å². The van der Waals surface area contributed by atoms with Crippen molar-refractivity contribution < 1.29 is 14.3 Å². The van der Waals surface area contributed by atoms with Gasteiger partial charge in [0.2, 0.25) is 11.7 Å². The first-order chi connectivity index (χ1) is 9.44. The maximum absolute atomic E-state index is 12.2. The van der Waals surface area contributed by atoms with Gasteiger partial charge in [-0.1, -0.05) is 6.42 Å². The largest absolute Gasteiger partial charge is 0.449 e. The van der Waals surface area contributed by atoms with Crippen LogP contribution in [-0.4, -0.2) is 17.7 Å². The SMILES string of the molecule is CC1(C)Oc2ccc(NC(=O)C3CCCC3N)cc2O1. The van der Waals surface area contributed by atoms with Gasteiger partial charge in [0.15, 0.2) is 11.5 Å². The normalized spacial score (nSPS) is 26.6. The number of ether oxygens (including phenoxy) is 2. The van der Waals surface area contributed by atoms with Crippen LogP contribution in [0.25, 0.3) is 0 Å². The molecule has 5 nitrogen and oxygen atoms in total. The molecule has 0 bridgehead atoms. The molecule has 0 saturated heterocycles. The van der Waals surface area contributed by atoms with Gasteiger partial charge in [-0.15, -0.1) is 0 Å². The van der Waals surface area contributed by atoms with Crippen molar-refractivity contribution in [2.45, 2.75) is 44.9 Å². The lowest BCUT2D eigenvalue weighted by Gasteiger charge is -2.16. The summed E-state index contributed by atoms with van der Waals surface area (Å²) in [6.45, 7) is 3.70. The first-order valence-electron chi connectivity index (χ1n) is 7.03. The standard InChI is InChI=1S/C15H20N2O3/c1-15(2)19-12-7-6-9(8-13(12)20-15)17-14(18)10-4-3-5-11(10)16/h6-8,10-11H,3-5,16H2,1-2H3,(H,17,18). The van der Waals surface area contributed by atoms with Gasteiger partial charge in [0.25, 0.3) is 0 Å². The Labute approximate surface area is 118 Å². The van der Waals surface area contributed by atoms with Gasteiger partial charge in [0, 0.05) is 31.6 Å². The van der Waals surface area contributed by atoms with E-state index in [1.54, 1.807) is 6.07 Å². The van der Waals surface area contributed by atoms with E-state index in [2.05, 4.69) is 5.32 Å². The first kappa shape index (κ1) is 13.2. The van der Waals surface area contributed by atoms with E-state index in [1.807, 2.05) is 26.0 Å². The number of nitrogens with two attached hydrogens (primary N) is 1. The summed E-state index contributed by atoms with van der Waals surface area (Å²) >= 11 is 0. The Morgan fingerprint density at radius 1 is 1.30 bits per heavy atom. The summed E-state index contributed by atoms with van der Waals surface area (Å²) in [5.74, 6) is 0.609. The summed E-state index contributed by atoms with van der Waals surface area (Å²) < 4.78 is 11.3. The molecule has 3 N–H and O–H groups in total. The van der Waals surface area contributed by atoms with Crippen molar-refractivity contribution in [3.63, 3.8) is 0 Å². The highest BCUT2D eigenvalue weighted by atomic mass is 16.7. The molecule has 20 heavy (non-hydrogen) atoms. The molecule has 1 heterocycles. The molecule has 108 valence electrons. The highest BCUT2D eigenvalue weighted by Crippen LogP contribution is 2.40. The Bertz CT molecular complexity index is 542. The van der Waals surface area contributed by atoms with Gasteiger partial charge in [-0.25, -0.2) is 0 Å². The quantitative estimate of drug-likeness (QED) is 0.869. The van der Waals surface area contributed by atoms with Gasteiger partial charge in [0.1, 0.15) is 0 Å². The summed E-state index contributed by atoms with van der Waals surface area (Å²) in [4.78, 5) is 12.2. The van der Waals surface area contributed by atoms with Crippen LogP contribution in [0.15, 0.2) is 18.2 Å². The molecule has 0 spiro atoms. The smallest absolute Gasteiger partial charge is 0.246 e. The number of rotatable bonds is 2. The van der Waals surface area contributed by atoms with Crippen LogP contribution in [0.3, 0.4) is 0 Å². The van der Waals surface area contributed by atoms with Gasteiger partial charge in [-0.05, 0) is 25.0 Å². The van der Waals surface area contributed by atoms with E-state index in [0.717, 1.165) is 19.3 Å². The number of carbonyl (C=O) groups is 1. The van der Waals surface area contributed by atoms with Crippen LogP contribution in [0.5, 0.6) is 11.5 Å².